The van der Waals surface area contributed by atoms with E-state index in [0.717, 1.165) is 25.5 Å². The molecule has 0 amide bonds. The van der Waals surface area contributed by atoms with Crippen LogP contribution in [0.5, 0.6) is 5.88 Å². The van der Waals surface area contributed by atoms with Crippen molar-refractivity contribution in [1.29, 1.82) is 0 Å². The monoisotopic (exact) mass is 223 g/mol. The predicted octanol–water partition coefficient (Wildman–Crippen LogP) is 1.55. The lowest BCUT2D eigenvalue weighted by atomic mass is 9.89. The molecule has 0 saturated heterocycles. The second-order valence-corrected chi connectivity index (χ2v) is 5.42. The molecule has 0 fully saturated rings. The molecular weight excluding hydrogens is 202 g/mol. The van der Waals surface area contributed by atoms with Gasteiger partial charge >= 0.3 is 0 Å². The first-order valence-corrected chi connectivity index (χ1v) is 5.88. The van der Waals surface area contributed by atoms with Crippen molar-refractivity contribution >= 4 is 0 Å². The molecule has 1 aromatic heterocycles. The van der Waals surface area contributed by atoms with Crippen molar-refractivity contribution in [2.45, 2.75) is 45.2 Å². The standard InChI is InChI=1S/C12H21N3O/c1-12(2,3)10-7-14-15-6-5-9(13-4)8-16-11(10)15/h7,9,13H,5-6,8H2,1-4H3/t9-/m0/s1. The SMILES string of the molecule is CN[C@H]1CCn2ncc(C(C)(C)C)c2OC1. The molecule has 1 aromatic rings. The smallest absolute Gasteiger partial charge is 0.215 e. The zero-order chi connectivity index (χ0) is 11.8. The van der Waals surface area contributed by atoms with Gasteiger partial charge in [0.1, 0.15) is 6.61 Å². The molecule has 1 N–H and O–H groups in total. The fourth-order valence-electron chi connectivity index (χ4n) is 1.97. The van der Waals surface area contributed by atoms with Gasteiger partial charge in [-0.3, -0.25) is 0 Å². The zero-order valence-electron chi connectivity index (χ0n) is 10.6. The molecule has 1 aliphatic rings. The Kier molecular flexibility index (Phi) is 2.93. The second-order valence-electron chi connectivity index (χ2n) is 5.42. The van der Waals surface area contributed by atoms with Crippen molar-refractivity contribution in [3.8, 4) is 5.88 Å². The lowest BCUT2D eigenvalue weighted by Crippen LogP contribution is -2.31. The van der Waals surface area contributed by atoms with Gasteiger partial charge in [-0.1, -0.05) is 20.8 Å². The topological polar surface area (TPSA) is 39.1 Å². The summed E-state index contributed by atoms with van der Waals surface area (Å²) in [6, 6.07) is 0.425. The number of fused-ring (bicyclic) bond motifs is 1. The summed E-state index contributed by atoms with van der Waals surface area (Å²) in [4.78, 5) is 0. The highest BCUT2D eigenvalue weighted by molar-refractivity contribution is 5.31. The fourth-order valence-corrected chi connectivity index (χ4v) is 1.97. The number of aromatic nitrogens is 2. The summed E-state index contributed by atoms with van der Waals surface area (Å²) < 4.78 is 7.87. The number of nitrogens with zero attached hydrogens (tertiary/aromatic N) is 2. The van der Waals surface area contributed by atoms with Gasteiger partial charge in [-0.25, -0.2) is 4.68 Å². The van der Waals surface area contributed by atoms with Crippen LogP contribution >= 0.6 is 0 Å². The van der Waals surface area contributed by atoms with Crippen LogP contribution < -0.4 is 10.1 Å². The van der Waals surface area contributed by atoms with Crippen LogP contribution in [0.25, 0.3) is 0 Å². The summed E-state index contributed by atoms with van der Waals surface area (Å²) in [5.74, 6) is 0.949. The van der Waals surface area contributed by atoms with E-state index in [2.05, 4.69) is 31.2 Å². The minimum atomic E-state index is 0.0903. The van der Waals surface area contributed by atoms with E-state index < -0.39 is 0 Å². The van der Waals surface area contributed by atoms with Gasteiger partial charge in [0, 0.05) is 18.2 Å². The molecule has 2 rings (SSSR count). The molecule has 0 radical (unpaired) electrons. The number of nitrogens with one attached hydrogen (secondary N) is 1. The summed E-state index contributed by atoms with van der Waals surface area (Å²) in [6.07, 6.45) is 3.00. The lowest BCUT2D eigenvalue weighted by molar-refractivity contribution is 0.264. The number of likely N-dealkylation sites (N-methyl/N-ethyl adjacent to an activating group) is 1. The van der Waals surface area contributed by atoms with Crippen LogP contribution in [0.4, 0.5) is 0 Å². The molecule has 0 spiro atoms. The van der Waals surface area contributed by atoms with Crippen LogP contribution in [0.3, 0.4) is 0 Å². The maximum atomic E-state index is 5.89. The van der Waals surface area contributed by atoms with E-state index in [0.29, 0.717) is 6.04 Å². The molecule has 4 nitrogen and oxygen atoms in total. The van der Waals surface area contributed by atoms with E-state index in [1.165, 1.54) is 5.56 Å². The Morgan fingerprint density at radius 1 is 1.50 bits per heavy atom. The summed E-state index contributed by atoms with van der Waals surface area (Å²) in [6.45, 7) is 8.22. The van der Waals surface area contributed by atoms with Crippen LogP contribution in [0.2, 0.25) is 0 Å². The molecule has 0 aliphatic carbocycles. The minimum Gasteiger partial charge on any atom is -0.476 e. The van der Waals surface area contributed by atoms with Gasteiger partial charge in [0.15, 0.2) is 0 Å². The molecule has 0 saturated carbocycles. The average Bonchev–Trinajstić information content (AvgIpc) is 2.52. The molecule has 1 atom stereocenters. The van der Waals surface area contributed by atoms with Crippen molar-refractivity contribution in [2.75, 3.05) is 13.7 Å². The number of hydrogen-bond donors (Lipinski definition) is 1. The lowest BCUT2D eigenvalue weighted by Gasteiger charge is -2.19. The van der Waals surface area contributed by atoms with Crippen molar-refractivity contribution in [2.24, 2.45) is 0 Å². The molecule has 0 aromatic carbocycles. The summed E-state index contributed by atoms with van der Waals surface area (Å²) >= 11 is 0. The Morgan fingerprint density at radius 2 is 2.25 bits per heavy atom. The molecule has 1 aliphatic heterocycles. The van der Waals surface area contributed by atoms with Gasteiger partial charge in [-0.2, -0.15) is 5.10 Å². The van der Waals surface area contributed by atoms with E-state index in [9.17, 15) is 0 Å². The van der Waals surface area contributed by atoms with Crippen LogP contribution in [0, 0.1) is 0 Å². The highest BCUT2D eigenvalue weighted by Gasteiger charge is 2.26. The van der Waals surface area contributed by atoms with Crippen LogP contribution in [0.15, 0.2) is 6.20 Å². The first-order valence-electron chi connectivity index (χ1n) is 5.88. The first-order chi connectivity index (χ1) is 7.52. The summed E-state index contributed by atoms with van der Waals surface area (Å²) in [7, 11) is 1.98. The molecular formula is C12H21N3O. The van der Waals surface area contributed by atoms with Crippen LogP contribution in [-0.4, -0.2) is 29.5 Å². The summed E-state index contributed by atoms with van der Waals surface area (Å²) in [5.41, 5.74) is 1.29. The fraction of sp³-hybridized carbons (Fsp3) is 0.750. The number of hydrogen-bond acceptors (Lipinski definition) is 3. The first kappa shape index (κ1) is 11.5. The van der Waals surface area contributed by atoms with Crippen LogP contribution in [-0.2, 0) is 12.0 Å². The van der Waals surface area contributed by atoms with E-state index in [1.54, 1.807) is 0 Å². The van der Waals surface area contributed by atoms with Gasteiger partial charge in [-0.15, -0.1) is 0 Å². The van der Waals surface area contributed by atoms with Crippen LogP contribution in [0.1, 0.15) is 32.8 Å². The van der Waals surface area contributed by atoms with E-state index in [1.807, 2.05) is 17.9 Å². The number of ether oxygens (including phenoxy) is 1. The van der Waals surface area contributed by atoms with E-state index in [4.69, 9.17) is 4.74 Å². The Bertz CT molecular complexity index is 365. The maximum absolute atomic E-state index is 5.89. The highest BCUT2D eigenvalue weighted by Crippen LogP contribution is 2.32. The number of aryl methyl sites for hydroxylation is 1. The molecule has 2 heterocycles. The summed E-state index contributed by atoms with van der Waals surface area (Å²) in [5, 5.41) is 7.68. The Morgan fingerprint density at radius 3 is 2.88 bits per heavy atom. The van der Waals surface area contributed by atoms with Gasteiger partial charge in [0.05, 0.1) is 6.20 Å². The zero-order valence-corrected chi connectivity index (χ0v) is 10.6. The third-order valence-electron chi connectivity index (χ3n) is 3.12. The maximum Gasteiger partial charge on any atom is 0.215 e. The van der Waals surface area contributed by atoms with E-state index in [-0.39, 0.29) is 5.41 Å². The van der Waals surface area contributed by atoms with Gasteiger partial charge in [0.2, 0.25) is 5.88 Å². The van der Waals surface area contributed by atoms with E-state index >= 15 is 0 Å². The quantitative estimate of drug-likeness (QED) is 0.785. The third kappa shape index (κ3) is 2.07. The molecule has 16 heavy (non-hydrogen) atoms. The predicted molar refractivity (Wildman–Crippen MR) is 63.9 cm³/mol. The Labute approximate surface area is 97.0 Å². The van der Waals surface area contributed by atoms with Gasteiger partial charge in [-0.05, 0) is 18.9 Å². The van der Waals surface area contributed by atoms with Crippen molar-refractivity contribution in [3.63, 3.8) is 0 Å². The van der Waals surface area contributed by atoms with Gasteiger partial charge < -0.3 is 10.1 Å². The average molecular weight is 223 g/mol. The molecule has 4 heteroatoms. The molecule has 0 bridgehead atoms. The largest absolute Gasteiger partial charge is 0.476 e. The Hall–Kier alpha value is -1.03. The van der Waals surface area contributed by atoms with Crippen molar-refractivity contribution < 1.29 is 4.74 Å². The third-order valence-corrected chi connectivity index (χ3v) is 3.12. The van der Waals surface area contributed by atoms with Gasteiger partial charge in [0.25, 0.3) is 0 Å². The minimum absolute atomic E-state index is 0.0903. The van der Waals surface area contributed by atoms with Crippen molar-refractivity contribution in [1.82, 2.24) is 15.1 Å². The van der Waals surface area contributed by atoms with Crippen molar-refractivity contribution in [3.05, 3.63) is 11.8 Å². The normalized spacial score (nSPS) is 21.1. The second kappa shape index (κ2) is 4.09. The highest BCUT2D eigenvalue weighted by atomic mass is 16.5. The Balaban J connectivity index is 2.27. The number of rotatable bonds is 1. The molecule has 0 unspecified atom stereocenters. The molecule has 90 valence electrons.